The number of carbonyl (C=O) groups is 1. The first-order chi connectivity index (χ1) is 14.0. The van der Waals surface area contributed by atoms with Crippen molar-refractivity contribution < 1.29 is 26.4 Å². The minimum atomic E-state index is -4.68. The fourth-order valence-electron chi connectivity index (χ4n) is 3.48. The second-order valence-electron chi connectivity index (χ2n) is 6.90. The van der Waals surface area contributed by atoms with Crippen molar-refractivity contribution in [2.24, 2.45) is 4.99 Å². The highest BCUT2D eigenvalue weighted by Crippen LogP contribution is 2.43. The van der Waals surface area contributed by atoms with Gasteiger partial charge in [0.05, 0.1) is 28.1 Å². The van der Waals surface area contributed by atoms with Crippen molar-refractivity contribution in [2.75, 3.05) is 16.4 Å². The van der Waals surface area contributed by atoms with Crippen molar-refractivity contribution in [3.05, 3.63) is 64.7 Å². The maximum absolute atomic E-state index is 13.3. The third-order valence-corrected chi connectivity index (χ3v) is 8.36. The highest BCUT2D eigenvalue weighted by molar-refractivity contribution is 8.16. The number of amides is 1. The number of thioether (sulfide) groups is 1. The molecular formula is C19H14ClF3N2O3S2. The Balaban J connectivity index is 1.78. The number of amidine groups is 1. The van der Waals surface area contributed by atoms with E-state index in [9.17, 15) is 26.4 Å². The van der Waals surface area contributed by atoms with E-state index in [1.54, 1.807) is 30.3 Å². The molecule has 2 saturated heterocycles. The van der Waals surface area contributed by atoms with Crippen LogP contribution in [0.5, 0.6) is 0 Å². The predicted octanol–water partition coefficient (Wildman–Crippen LogP) is 4.27. The van der Waals surface area contributed by atoms with Gasteiger partial charge in [-0.2, -0.15) is 18.2 Å². The zero-order valence-electron chi connectivity index (χ0n) is 15.1. The van der Waals surface area contributed by atoms with Gasteiger partial charge >= 0.3 is 6.18 Å². The van der Waals surface area contributed by atoms with Crippen LogP contribution in [0.3, 0.4) is 0 Å². The molecule has 0 N–H and O–H groups in total. The largest absolute Gasteiger partial charge is 0.417 e. The summed E-state index contributed by atoms with van der Waals surface area (Å²) in [5.41, 5.74) is -0.629. The van der Waals surface area contributed by atoms with Gasteiger partial charge in [0.25, 0.3) is 5.91 Å². The Hall–Kier alpha value is -2.04. The number of fused-ring (bicyclic) bond motifs is 1. The quantitative estimate of drug-likeness (QED) is 0.650. The van der Waals surface area contributed by atoms with E-state index in [0.717, 1.165) is 23.9 Å². The van der Waals surface area contributed by atoms with Crippen LogP contribution in [-0.4, -0.2) is 42.3 Å². The van der Waals surface area contributed by atoms with Gasteiger partial charge in [0, 0.05) is 16.5 Å². The minimum Gasteiger partial charge on any atom is -0.316 e. The minimum absolute atomic E-state index is 0.0865. The normalized spacial score (nSPS) is 24.3. The first-order valence-electron chi connectivity index (χ1n) is 8.76. The van der Waals surface area contributed by atoms with Crippen LogP contribution in [0.25, 0.3) is 0 Å². The van der Waals surface area contributed by atoms with Gasteiger partial charge in [0.2, 0.25) is 0 Å². The van der Waals surface area contributed by atoms with Gasteiger partial charge in [-0.05, 0) is 30.3 Å². The van der Waals surface area contributed by atoms with Crippen LogP contribution in [0, 0.1) is 0 Å². The third-order valence-electron chi connectivity index (χ3n) is 4.82. The Morgan fingerprint density at radius 1 is 1.13 bits per heavy atom. The Kier molecular flexibility index (Phi) is 5.36. The van der Waals surface area contributed by atoms with Crippen molar-refractivity contribution in [1.82, 2.24) is 0 Å². The third kappa shape index (κ3) is 4.08. The molecule has 158 valence electrons. The van der Waals surface area contributed by atoms with Crippen LogP contribution in [-0.2, 0) is 16.0 Å². The van der Waals surface area contributed by atoms with Crippen LogP contribution in [0.1, 0.15) is 15.9 Å². The molecule has 2 aliphatic rings. The van der Waals surface area contributed by atoms with Crippen LogP contribution in [0.15, 0.2) is 53.5 Å². The molecule has 4 rings (SSSR count). The standard InChI is InChI=1S/C19H14ClF3N2O3S2/c20-14-7-6-12(8-13(14)19(21,22)23)25-15-9-30(27,28)10-16(15)29-18(25)24-17(26)11-4-2-1-3-5-11/h1-8,15-16H,9-10H2/t15-,16-/m0/s1. The van der Waals surface area contributed by atoms with Crippen molar-refractivity contribution in [3.63, 3.8) is 0 Å². The van der Waals surface area contributed by atoms with Crippen LogP contribution >= 0.6 is 23.4 Å². The molecule has 2 aromatic rings. The van der Waals surface area contributed by atoms with Gasteiger partial charge in [-0.3, -0.25) is 4.79 Å². The van der Waals surface area contributed by atoms with Crippen LogP contribution in [0.4, 0.5) is 18.9 Å². The van der Waals surface area contributed by atoms with E-state index in [0.29, 0.717) is 5.56 Å². The summed E-state index contributed by atoms with van der Waals surface area (Å²) in [7, 11) is -3.35. The number of anilines is 1. The number of carbonyl (C=O) groups excluding carboxylic acids is 1. The molecule has 2 aliphatic heterocycles. The molecule has 2 aromatic carbocycles. The predicted molar refractivity (Wildman–Crippen MR) is 111 cm³/mol. The Bertz CT molecular complexity index is 1140. The molecule has 0 unspecified atom stereocenters. The molecule has 0 aromatic heterocycles. The molecule has 2 atom stereocenters. The van der Waals surface area contributed by atoms with Crippen molar-refractivity contribution >= 4 is 50.0 Å². The van der Waals surface area contributed by atoms with Crippen LogP contribution < -0.4 is 4.90 Å². The van der Waals surface area contributed by atoms with E-state index in [4.69, 9.17) is 11.6 Å². The summed E-state index contributed by atoms with van der Waals surface area (Å²) in [6, 6.07) is 10.9. The number of aliphatic imine (C=N–C) groups is 1. The Morgan fingerprint density at radius 3 is 2.50 bits per heavy atom. The van der Waals surface area contributed by atoms with Gasteiger partial charge in [-0.25, -0.2) is 8.42 Å². The molecular weight excluding hydrogens is 461 g/mol. The number of benzene rings is 2. The number of nitrogens with zero attached hydrogens (tertiary/aromatic N) is 2. The second-order valence-corrected chi connectivity index (χ2v) is 10.7. The van der Waals surface area contributed by atoms with Gasteiger partial charge in [0.1, 0.15) is 0 Å². The molecule has 30 heavy (non-hydrogen) atoms. The average molecular weight is 475 g/mol. The van der Waals surface area contributed by atoms with Crippen LogP contribution in [0.2, 0.25) is 5.02 Å². The molecule has 2 heterocycles. The summed E-state index contributed by atoms with van der Waals surface area (Å²) in [6.07, 6.45) is -4.68. The van der Waals surface area contributed by atoms with Crippen molar-refractivity contribution in [2.45, 2.75) is 17.5 Å². The van der Waals surface area contributed by atoms with Gasteiger partial charge < -0.3 is 4.90 Å². The number of hydrogen-bond acceptors (Lipinski definition) is 4. The SMILES string of the molecule is O=C(N=C1S[C@H]2CS(=O)(=O)C[C@@H]2N1c1ccc(Cl)c(C(F)(F)F)c1)c1ccccc1. The van der Waals surface area contributed by atoms with E-state index in [1.165, 1.54) is 11.0 Å². The Labute approximate surface area is 179 Å². The van der Waals surface area contributed by atoms with E-state index in [1.807, 2.05) is 0 Å². The van der Waals surface area contributed by atoms with Crippen molar-refractivity contribution in [3.8, 4) is 0 Å². The van der Waals surface area contributed by atoms with Gasteiger partial charge in [-0.15, -0.1) is 0 Å². The molecule has 0 bridgehead atoms. The number of rotatable bonds is 2. The highest BCUT2D eigenvalue weighted by Gasteiger charge is 2.49. The number of halogens is 4. The van der Waals surface area contributed by atoms with E-state index >= 15 is 0 Å². The summed E-state index contributed by atoms with van der Waals surface area (Å²) >= 11 is 6.81. The molecule has 11 heteroatoms. The lowest BCUT2D eigenvalue weighted by molar-refractivity contribution is -0.137. The molecule has 5 nitrogen and oxygen atoms in total. The molecule has 0 radical (unpaired) electrons. The summed E-state index contributed by atoms with van der Waals surface area (Å²) in [4.78, 5) is 18.1. The second kappa shape index (κ2) is 7.58. The van der Waals surface area contributed by atoms with E-state index in [2.05, 4.69) is 4.99 Å². The maximum atomic E-state index is 13.3. The molecule has 1 amide bonds. The van der Waals surface area contributed by atoms with Crippen molar-refractivity contribution in [1.29, 1.82) is 0 Å². The highest BCUT2D eigenvalue weighted by atomic mass is 35.5. The monoisotopic (exact) mass is 474 g/mol. The first kappa shape index (κ1) is 21.2. The lowest BCUT2D eigenvalue weighted by Crippen LogP contribution is -2.37. The maximum Gasteiger partial charge on any atom is 0.417 e. The molecule has 0 spiro atoms. The van der Waals surface area contributed by atoms with E-state index in [-0.39, 0.29) is 22.4 Å². The molecule has 2 fully saturated rings. The fraction of sp³-hybridized carbons (Fsp3) is 0.263. The first-order valence-corrected chi connectivity index (χ1v) is 11.8. The summed E-state index contributed by atoms with van der Waals surface area (Å²) in [6.45, 7) is 0. The number of sulfone groups is 1. The van der Waals surface area contributed by atoms with Gasteiger partial charge in [0.15, 0.2) is 15.0 Å². The summed E-state index contributed by atoms with van der Waals surface area (Å²) < 4.78 is 64.2. The topological polar surface area (TPSA) is 66.8 Å². The fourth-order valence-corrected chi connectivity index (χ4v) is 7.62. The number of alkyl halides is 3. The summed E-state index contributed by atoms with van der Waals surface area (Å²) in [5.74, 6) is -0.916. The molecule has 0 aliphatic carbocycles. The smallest absolute Gasteiger partial charge is 0.316 e. The average Bonchev–Trinajstić information content (AvgIpc) is 3.13. The summed E-state index contributed by atoms with van der Waals surface area (Å²) in [5, 5.41) is -0.723. The van der Waals surface area contributed by atoms with E-state index < -0.39 is 43.8 Å². The zero-order chi connectivity index (χ0) is 21.7. The molecule has 0 saturated carbocycles. The zero-order valence-corrected chi connectivity index (χ0v) is 17.5. The number of hydrogen-bond donors (Lipinski definition) is 0. The lowest BCUT2D eigenvalue weighted by atomic mass is 10.1. The Morgan fingerprint density at radius 2 is 1.83 bits per heavy atom. The lowest BCUT2D eigenvalue weighted by Gasteiger charge is -2.25. The van der Waals surface area contributed by atoms with Gasteiger partial charge in [-0.1, -0.05) is 41.6 Å².